The molecule has 2 aromatic carbocycles. The molecule has 0 bridgehead atoms. The first-order valence-electron chi connectivity index (χ1n) is 7.52. The number of ether oxygens (including phenoxy) is 1. The summed E-state index contributed by atoms with van der Waals surface area (Å²) in [4.78, 5) is 25.2. The van der Waals surface area contributed by atoms with Crippen LogP contribution in [0, 0.1) is 10.1 Å². The minimum absolute atomic E-state index is 0.0440. The molecule has 0 atom stereocenters. The fourth-order valence-electron chi connectivity index (χ4n) is 2.47. The summed E-state index contributed by atoms with van der Waals surface area (Å²) in [6.07, 6.45) is -12.2. The number of carbonyl (C=O) groups excluding carboxylic acids is 1. The molecule has 0 aliphatic carbocycles. The zero-order valence-corrected chi connectivity index (χ0v) is 13.8. The molecule has 13 heteroatoms. The van der Waals surface area contributed by atoms with E-state index in [-0.39, 0.29) is 22.4 Å². The first kappa shape index (κ1) is 20.1. The van der Waals surface area contributed by atoms with E-state index in [1.165, 1.54) is 30.3 Å². The van der Waals surface area contributed by atoms with Gasteiger partial charge in [0.05, 0.1) is 16.0 Å². The number of rotatable bonds is 2. The van der Waals surface area contributed by atoms with E-state index in [2.05, 4.69) is 4.98 Å². The van der Waals surface area contributed by atoms with Gasteiger partial charge in [-0.05, 0) is 18.2 Å². The molecule has 152 valence electrons. The van der Waals surface area contributed by atoms with Crippen molar-refractivity contribution >= 4 is 22.8 Å². The van der Waals surface area contributed by atoms with Crippen molar-refractivity contribution in [3.63, 3.8) is 0 Å². The highest BCUT2D eigenvalue weighted by atomic mass is 19.4. The number of benzene rings is 2. The highest BCUT2D eigenvalue weighted by Gasteiger charge is 2.43. The lowest BCUT2D eigenvalue weighted by Gasteiger charge is -2.11. The second-order valence-electron chi connectivity index (χ2n) is 5.57. The quantitative estimate of drug-likeness (QED) is 0.330. The van der Waals surface area contributed by atoms with Crippen LogP contribution in [0.1, 0.15) is 11.4 Å². The fourth-order valence-corrected chi connectivity index (χ4v) is 2.47. The van der Waals surface area contributed by atoms with Gasteiger partial charge in [-0.15, -0.1) is 0 Å². The van der Waals surface area contributed by atoms with Crippen LogP contribution in [0.4, 0.5) is 36.8 Å². The molecule has 29 heavy (non-hydrogen) atoms. The molecule has 3 aromatic rings. The van der Waals surface area contributed by atoms with Crippen LogP contribution < -0.4 is 4.74 Å². The van der Waals surface area contributed by atoms with Crippen LogP contribution in [0.3, 0.4) is 0 Å². The summed E-state index contributed by atoms with van der Waals surface area (Å²) in [7, 11) is 0. The number of alkyl halides is 6. The van der Waals surface area contributed by atoms with E-state index in [0.717, 1.165) is 0 Å². The Kier molecular flexibility index (Phi) is 4.68. The van der Waals surface area contributed by atoms with E-state index in [1.54, 1.807) is 0 Å². The zero-order valence-electron chi connectivity index (χ0n) is 13.8. The van der Waals surface area contributed by atoms with Crippen LogP contribution in [0.2, 0.25) is 0 Å². The number of nitrogens with zero attached hydrogens (tertiary/aromatic N) is 3. The van der Waals surface area contributed by atoms with Gasteiger partial charge in [-0.3, -0.25) is 10.1 Å². The van der Waals surface area contributed by atoms with Gasteiger partial charge < -0.3 is 4.74 Å². The highest BCUT2D eigenvalue weighted by Crippen LogP contribution is 2.39. The highest BCUT2D eigenvalue weighted by molar-refractivity contribution is 5.93. The number of non-ortho nitro benzene ring substituents is 1. The van der Waals surface area contributed by atoms with Crippen molar-refractivity contribution in [1.29, 1.82) is 0 Å². The van der Waals surface area contributed by atoms with Crippen LogP contribution >= 0.6 is 0 Å². The molecule has 0 aliphatic rings. The van der Waals surface area contributed by atoms with Gasteiger partial charge in [-0.1, -0.05) is 18.2 Å². The van der Waals surface area contributed by atoms with Gasteiger partial charge >= 0.3 is 18.4 Å². The second-order valence-corrected chi connectivity index (χ2v) is 5.57. The number of nitro benzene ring substituents is 1. The third kappa shape index (κ3) is 3.83. The third-order valence-corrected chi connectivity index (χ3v) is 3.65. The number of carbonyl (C=O) groups is 1. The Balaban J connectivity index is 2.32. The number of nitro groups is 1. The van der Waals surface area contributed by atoms with Gasteiger partial charge in [-0.25, -0.2) is 14.3 Å². The van der Waals surface area contributed by atoms with Crippen LogP contribution in [-0.2, 0) is 12.4 Å². The maximum Gasteiger partial charge on any atom is 0.450 e. The van der Waals surface area contributed by atoms with E-state index in [9.17, 15) is 41.3 Å². The Morgan fingerprint density at radius 1 is 1.03 bits per heavy atom. The molecule has 1 heterocycles. The minimum atomic E-state index is -5.32. The summed E-state index contributed by atoms with van der Waals surface area (Å²) in [6.45, 7) is 0. The lowest BCUT2D eigenvalue weighted by atomic mass is 10.1. The first-order chi connectivity index (χ1) is 13.4. The number of para-hydroxylation sites is 1. The van der Waals surface area contributed by atoms with Crippen molar-refractivity contribution in [2.75, 3.05) is 0 Å². The van der Waals surface area contributed by atoms with E-state index in [1.807, 2.05) is 0 Å². The van der Waals surface area contributed by atoms with Crippen LogP contribution in [0.5, 0.6) is 5.75 Å². The first-order valence-corrected chi connectivity index (χ1v) is 7.52. The Bertz CT molecular complexity index is 1110. The molecule has 0 unspecified atom stereocenters. The largest absolute Gasteiger partial charge is 0.450 e. The standard InChI is InChI=1S/C16H7F6N3O4/c17-15(18,19)8-6-10-12(11(7-8)25(27)28)23-13(16(20,21)22)24(10)14(26)29-9-4-2-1-3-5-9/h1-7H. The Morgan fingerprint density at radius 2 is 1.66 bits per heavy atom. The summed E-state index contributed by atoms with van der Waals surface area (Å²) >= 11 is 0. The van der Waals surface area contributed by atoms with Gasteiger partial charge in [0.15, 0.2) is 5.52 Å². The SMILES string of the molecule is O=C(Oc1ccccc1)n1c(C(F)(F)F)nc2c([N+](=O)[O-])cc(C(F)(F)F)cc21. The number of hydrogen-bond acceptors (Lipinski definition) is 5. The molecule has 1 aromatic heterocycles. The molecule has 0 fully saturated rings. The topological polar surface area (TPSA) is 87.3 Å². The van der Waals surface area contributed by atoms with Crippen molar-refractivity contribution in [1.82, 2.24) is 9.55 Å². The van der Waals surface area contributed by atoms with Gasteiger partial charge in [0.1, 0.15) is 5.75 Å². The molecular formula is C16H7F6N3O4. The van der Waals surface area contributed by atoms with E-state index in [0.29, 0.717) is 0 Å². The number of halogens is 6. The average molecular weight is 419 g/mol. The lowest BCUT2D eigenvalue weighted by molar-refractivity contribution is -0.383. The predicted molar refractivity (Wildman–Crippen MR) is 84.3 cm³/mol. The molecule has 7 nitrogen and oxygen atoms in total. The van der Waals surface area contributed by atoms with Crippen LogP contribution in [0.25, 0.3) is 11.0 Å². The molecule has 0 saturated heterocycles. The van der Waals surface area contributed by atoms with Crippen molar-refractivity contribution < 1.29 is 40.8 Å². The van der Waals surface area contributed by atoms with Crippen LogP contribution in [-0.4, -0.2) is 20.6 Å². The van der Waals surface area contributed by atoms with Crippen molar-refractivity contribution in [3.8, 4) is 5.75 Å². The molecule has 0 amide bonds. The summed E-state index contributed by atoms with van der Waals surface area (Å²) in [5.41, 5.74) is -5.08. The minimum Gasteiger partial charge on any atom is -0.410 e. The van der Waals surface area contributed by atoms with Gasteiger partial charge in [0.25, 0.3) is 5.69 Å². The molecule has 0 radical (unpaired) electrons. The molecule has 0 saturated carbocycles. The fraction of sp³-hybridized carbons (Fsp3) is 0.125. The predicted octanol–water partition coefficient (Wildman–Crippen LogP) is 5.03. The molecule has 0 spiro atoms. The normalized spacial score (nSPS) is 12.2. The summed E-state index contributed by atoms with van der Waals surface area (Å²) in [5.74, 6) is -2.16. The summed E-state index contributed by atoms with van der Waals surface area (Å²) in [6, 6.07) is 6.95. The number of hydrogen-bond donors (Lipinski definition) is 0. The second kappa shape index (κ2) is 6.76. The number of imidazole rings is 1. The van der Waals surface area contributed by atoms with Crippen LogP contribution in [0.15, 0.2) is 42.5 Å². The number of aromatic nitrogens is 2. The zero-order chi connectivity index (χ0) is 21.6. The lowest BCUT2D eigenvalue weighted by Crippen LogP contribution is -2.24. The maximum absolute atomic E-state index is 13.4. The monoisotopic (exact) mass is 419 g/mol. The third-order valence-electron chi connectivity index (χ3n) is 3.65. The van der Waals surface area contributed by atoms with Crippen molar-refractivity contribution in [2.45, 2.75) is 12.4 Å². The molecule has 3 rings (SSSR count). The smallest absolute Gasteiger partial charge is 0.410 e. The van der Waals surface area contributed by atoms with Crippen molar-refractivity contribution in [2.24, 2.45) is 0 Å². The van der Waals surface area contributed by atoms with E-state index < -0.39 is 51.5 Å². The molecule has 0 aliphatic heterocycles. The van der Waals surface area contributed by atoms with Gasteiger partial charge in [0.2, 0.25) is 5.82 Å². The van der Waals surface area contributed by atoms with Crippen molar-refractivity contribution in [3.05, 3.63) is 64.0 Å². The Labute approximate surface area is 156 Å². The summed E-state index contributed by atoms with van der Waals surface area (Å²) < 4.78 is 83.9. The maximum atomic E-state index is 13.4. The van der Waals surface area contributed by atoms with E-state index >= 15 is 0 Å². The van der Waals surface area contributed by atoms with Gasteiger partial charge in [-0.2, -0.15) is 26.3 Å². The Hall–Kier alpha value is -3.64. The molecular weight excluding hydrogens is 412 g/mol. The van der Waals surface area contributed by atoms with E-state index in [4.69, 9.17) is 4.74 Å². The molecule has 0 N–H and O–H groups in total. The van der Waals surface area contributed by atoms with Gasteiger partial charge in [0, 0.05) is 6.07 Å². The number of fused-ring (bicyclic) bond motifs is 1. The average Bonchev–Trinajstić information content (AvgIpc) is 3.00. The Morgan fingerprint density at radius 3 is 2.17 bits per heavy atom. The summed E-state index contributed by atoms with van der Waals surface area (Å²) in [5, 5.41) is 11.1.